The van der Waals surface area contributed by atoms with Crippen LogP contribution >= 0.6 is 0 Å². The molecule has 2 heteroatoms. The van der Waals surface area contributed by atoms with Crippen LogP contribution in [0.15, 0.2) is 0 Å². The van der Waals surface area contributed by atoms with Gasteiger partial charge in [0.1, 0.15) is 0 Å². The molecule has 2 unspecified atom stereocenters. The van der Waals surface area contributed by atoms with Crippen LogP contribution < -0.4 is 5.32 Å². The molecule has 1 aliphatic heterocycles. The molecule has 1 saturated heterocycles. The summed E-state index contributed by atoms with van der Waals surface area (Å²) in [7, 11) is 0. The van der Waals surface area contributed by atoms with E-state index < -0.39 is 0 Å². The molecule has 1 saturated carbocycles. The van der Waals surface area contributed by atoms with E-state index in [2.05, 4.69) is 12.2 Å². The molecule has 2 aliphatic rings. The molecule has 0 aromatic carbocycles. The summed E-state index contributed by atoms with van der Waals surface area (Å²) in [6.07, 6.45) is 14.2. The first-order valence-electron chi connectivity index (χ1n) is 8.23. The maximum atomic E-state index is 5.84. The highest BCUT2D eigenvalue weighted by Crippen LogP contribution is 2.34. The summed E-state index contributed by atoms with van der Waals surface area (Å²) in [4.78, 5) is 0. The molecular weight excluding hydrogens is 222 g/mol. The lowest BCUT2D eigenvalue weighted by molar-refractivity contribution is 0.00839. The van der Waals surface area contributed by atoms with Crippen molar-refractivity contribution in [1.29, 1.82) is 0 Å². The average Bonchev–Trinajstić information content (AvgIpc) is 3.23. The van der Waals surface area contributed by atoms with Crippen molar-refractivity contribution in [2.75, 3.05) is 13.2 Å². The molecule has 0 aromatic rings. The van der Waals surface area contributed by atoms with Crippen LogP contribution in [-0.4, -0.2) is 25.3 Å². The van der Waals surface area contributed by atoms with Crippen molar-refractivity contribution in [3.63, 3.8) is 0 Å². The van der Waals surface area contributed by atoms with Gasteiger partial charge >= 0.3 is 0 Å². The second-order valence-electron chi connectivity index (χ2n) is 6.24. The SMILES string of the molecule is CCCNC(CCC1CC1)CCC1CCCCO1. The Kier molecular flexibility index (Phi) is 6.50. The minimum absolute atomic E-state index is 0.561. The minimum atomic E-state index is 0.561. The van der Waals surface area contributed by atoms with Gasteiger partial charge in [-0.1, -0.05) is 19.8 Å². The molecule has 0 spiro atoms. The van der Waals surface area contributed by atoms with Crippen LogP contribution in [-0.2, 0) is 4.74 Å². The van der Waals surface area contributed by atoms with Gasteiger partial charge in [0.15, 0.2) is 0 Å². The van der Waals surface area contributed by atoms with Crippen molar-refractivity contribution in [1.82, 2.24) is 5.32 Å². The monoisotopic (exact) mass is 253 g/mol. The third-order valence-corrected chi connectivity index (χ3v) is 4.41. The van der Waals surface area contributed by atoms with Crippen molar-refractivity contribution >= 4 is 0 Å². The predicted octanol–water partition coefficient (Wildman–Crippen LogP) is 3.89. The summed E-state index contributed by atoms with van der Waals surface area (Å²) in [5.74, 6) is 1.07. The third-order valence-electron chi connectivity index (χ3n) is 4.41. The fourth-order valence-electron chi connectivity index (χ4n) is 2.96. The molecular formula is C16H31NO. The zero-order valence-corrected chi connectivity index (χ0v) is 12.1. The highest BCUT2D eigenvalue weighted by Gasteiger charge is 2.23. The molecule has 0 bridgehead atoms. The second-order valence-corrected chi connectivity index (χ2v) is 6.24. The van der Waals surface area contributed by atoms with Gasteiger partial charge in [0.25, 0.3) is 0 Å². The maximum Gasteiger partial charge on any atom is 0.0575 e. The lowest BCUT2D eigenvalue weighted by Crippen LogP contribution is -2.31. The Hall–Kier alpha value is -0.0800. The molecule has 1 N–H and O–H groups in total. The number of nitrogens with one attached hydrogen (secondary N) is 1. The molecule has 0 amide bonds. The van der Waals surface area contributed by atoms with Gasteiger partial charge in [0, 0.05) is 12.6 Å². The Labute approximate surface area is 113 Å². The first kappa shape index (κ1) is 14.3. The van der Waals surface area contributed by atoms with Gasteiger partial charge in [0.05, 0.1) is 6.10 Å². The van der Waals surface area contributed by atoms with E-state index >= 15 is 0 Å². The molecule has 2 nitrogen and oxygen atoms in total. The lowest BCUT2D eigenvalue weighted by Gasteiger charge is -2.25. The Morgan fingerprint density at radius 2 is 1.94 bits per heavy atom. The second kappa shape index (κ2) is 8.16. The smallest absolute Gasteiger partial charge is 0.0575 e. The molecule has 2 fully saturated rings. The van der Waals surface area contributed by atoms with Crippen LogP contribution in [0.3, 0.4) is 0 Å². The molecule has 0 aromatic heterocycles. The Morgan fingerprint density at radius 3 is 2.61 bits per heavy atom. The molecule has 18 heavy (non-hydrogen) atoms. The van der Waals surface area contributed by atoms with Crippen LogP contribution in [0.25, 0.3) is 0 Å². The average molecular weight is 253 g/mol. The van der Waals surface area contributed by atoms with Crippen LogP contribution in [0.1, 0.15) is 71.1 Å². The van der Waals surface area contributed by atoms with Gasteiger partial charge in [-0.15, -0.1) is 0 Å². The minimum Gasteiger partial charge on any atom is -0.378 e. The number of hydrogen-bond acceptors (Lipinski definition) is 2. The standard InChI is InChI=1S/C16H31NO/c1-2-12-17-15(9-8-14-6-7-14)10-11-16-5-3-4-13-18-16/h14-17H,2-13H2,1H3. The quantitative estimate of drug-likeness (QED) is 0.673. The largest absolute Gasteiger partial charge is 0.378 e. The van der Waals surface area contributed by atoms with Crippen LogP contribution in [0.5, 0.6) is 0 Å². The van der Waals surface area contributed by atoms with Crippen molar-refractivity contribution in [3.05, 3.63) is 0 Å². The van der Waals surface area contributed by atoms with Gasteiger partial charge < -0.3 is 10.1 Å². The normalized spacial score (nSPS) is 26.2. The number of hydrogen-bond donors (Lipinski definition) is 1. The van der Waals surface area contributed by atoms with Gasteiger partial charge in [-0.25, -0.2) is 0 Å². The Morgan fingerprint density at radius 1 is 1.11 bits per heavy atom. The third kappa shape index (κ3) is 5.71. The number of rotatable bonds is 9. The van der Waals surface area contributed by atoms with E-state index in [1.54, 1.807) is 0 Å². The van der Waals surface area contributed by atoms with E-state index in [1.807, 2.05) is 0 Å². The molecule has 2 atom stereocenters. The first-order chi connectivity index (χ1) is 8.88. The van der Waals surface area contributed by atoms with E-state index in [1.165, 1.54) is 70.8 Å². The summed E-state index contributed by atoms with van der Waals surface area (Å²) in [6.45, 7) is 4.44. The van der Waals surface area contributed by atoms with Gasteiger partial charge in [-0.2, -0.15) is 0 Å². The number of ether oxygens (including phenoxy) is 1. The molecule has 0 radical (unpaired) electrons. The fourth-order valence-corrected chi connectivity index (χ4v) is 2.96. The van der Waals surface area contributed by atoms with Crippen molar-refractivity contribution in [2.24, 2.45) is 5.92 Å². The summed E-state index contributed by atoms with van der Waals surface area (Å²) >= 11 is 0. The van der Waals surface area contributed by atoms with Crippen molar-refractivity contribution < 1.29 is 4.74 Å². The Balaban J connectivity index is 1.61. The maximum absolute atomic E-state index is 5.84. The Bertz CT molecular complexity index is 209. The zero-order valence-electron chi connectivity index (χ0n) is 12.1. The van der Waals surface area contributed by atoms with Crippen molar-refractivity contribution in [2.45, 2.75) is 83.3 Å². The summed E-state index contributed by atoms with van der Waals surface area (Å²) in [5.41, 5.74) is 0. The highest BCUT2D eigenvalue weighted by molar-refractivity contribution is 4.78. The zero-order chi connectivity index (χ0) is 12.6. The van der Waals surface area contributed by atoms with E-state index in [0.717, 1.165) is 18.6 Å². The van der Waals surface area contributed by atoms with Crippen molar-refractivity contribution in [3.8, 4) is 0 Å². The first-order valence-corrected chi connectivity index (χ1v) is 8.23. The van der Waals surface area contributed by atoms with Gasteiger partial charge in [-0.05, 0) is 63.8 Å². The van der Waals surface area contributed by atoms with Gasteiger partial charge in [0.2, 0.25) is 0 Å². The molecule has 1 heterocycles. The van der Waals surface area contributed by atoms with Gasteiger partial charge in [-0.3, -0.25) is 0 Å². The lowest BCUT2D eigenvalue weighted by atomic mass is 9.98. The fraction of sp³-hybridized carbons (Fsp3) is 1.00. The topological polar surface area (TPSA) is 21.3 Å². The summed E-state index contributed by atoms with van der Waals surface area (Å²) < 4.78 is 5.84. The van der Waals surface area contributed by atoms with E-state index in [-0.39, 0.29) is 0 Å². The predicted molar refractivity (Wildman–Crippen MR) is 76.9 cm³/mol. The molecule has 106 valence electrons. The van der Waals surface area contributed by atoms with Crippen LogP contribution in [0.2, 0.25) is 0 Å². The van der Waals surface area contributed by atoms with Crippen LogP contribution in [0, 0.1) is 5.92 Å². The summed E-state index contributed by atoms with van der Waals surface area (Å²) in [6, 6.07) is 0.746. The van der Waals surface area contributed by atoms with E-state index in [0.29, 0.717) is 6.10 Å². The van der Waals surface area contributed by atoms with Crippen LogP contribution in [0.4, 0.5) is 0 Å². The molecule has 1 aliphatic carbocycles. The van der Waals surface area contributed by atoms with E-state index in [4.69, 9.17) is 4.74 Å². The summed E-state index contributed by atoms with van der Waals surface area (Å²) in [5, 5.41) is 3.74. The highest BCUT2D eigenvalue weighted by atomic mass is 16.5. The van der Waals surface area contributed by atoms with E-state index in [9.17, 15) is 0 Å². The molecule has 2 rings (SSSR count).